The van der Waals surface area contributed by atoms with Crippen molar-refractivity contribution in [3.8, 4) is 0 Å². The molecule has 0 aromatic heterocycles. The van der Waals surface area contributed by atoms with Gasteiger partial charge in [0.15, 0.2) is 0 Å². The van der Waals surface area contributed by atoms with Crippen molar-refractivity contribution in [3.63, 3.8) is 0 Å². The smallest absolute Gasteiger partial charge is 0.0579 e. The zero-order chi connectivity index (χ0) is 15.2. The first-order valence-corrected chi connectivity index (χ1v) is 8.70. The van der Waals surface area contributed by atoms with E-state index < -0.39 is 0 Å². The molecule has 3 saturated heterocycles. The normalized spacial score (nSPS) is 36.0. The summed E-state index contributed by atoms with van der Waals surface area (Å²) in [5, 5.41) is 13.9. The summed E-state index contributed by atoms with van der Waals surface area (Å²) in [7, 11) is 0. The van der Waals surface area contributed by atoms with Gasteiger partial charge in [-0.05, 0) is 68.1 Å². The molecule has 5 rings (SSSR count). The van der Waals surface area contributed by atoms with Gasteiger partial charge < -0.3 is 10.4 Å². The highest BCUT2D eigenvalue weighted by molar-refractivity contribution is 5.65. The molecule has 0 aliphatic carbocycles. The average molecular weight is 298 g/mol. The second kappa shape index (κ2) is 5.39. The van der Waals surface area contributed by atoms with Crippen molar-refractivity contribution in [3.05, 3.63) is 41.6 Å². The van der Waals surface area contributed by atoms with Gasteiger partial charge in [0.2, 0.25) is 0 Å². The van der Waals surface area contributed by atoms with Crippen molar-refractivity contribution >= 4 is 5.69 Å². The van der Waals surface area contributed by atoms with Crippen molar-refractivity contribution in [1.82, 2.24) is 4.90 Å². The van der Waals surface area contributed by atoms with Crippen LogP contribution in [0.2, 0.25) is 0 Å². The standard InChI is InChI=1S/C19H26N2O/c1-2-15-4-3-5-16-18(15)19(13-22,8-9-20-16)17-12-14-6-10-21(17)11-7-14/h3-5,8-9,14,17,20,22H,2,6-7,10-13H2,1H3/t17-,19-/m1/s1. The number of fused-ring (bicyclic) bond motifs is 4. The highest BCUT2D eigenvalue weighted by atomic mass is 16.3. The van der Waals surface area contributed by atoms with Crippen LogP contribution in [-0.2, 0) is 11.8 Å². The Balaban J connectivity index is 1.85. The van der Waals surface area contributed by atoms with Crippen molar-refractivity contribution in [1.29, 1.82) is 0 Å². The van der Waals surface area contributed by atoms with E-state index in [0.717, 1.165) is 12.3 Å². The number of aliphatic hydroxyl groups is 1. The van der Waals surface area contributed by atoms with Gasteiger partial charge >= 0.3 is 0 Å². The molecular weight excluding hydrogens is 272 g/mol. The molecule has 2 N–H and O–H groups in total. The van der Waals surface area contributed by atoms with E-state index in [9.17, 15) is 5.11 Å². The van der Waals surface area contributed by atoms with E-state index in [4.69, 9.17) is 0 Å². The van der Waals surface area contributed by atoms with Crippen LogP contribution in [-0.4, -0.2) is 35.7 Å². The van der Waals surface area contributed by atoms with Crippen LogP contribution in [0.5, 0.6) is 0 Å². The molecule has 118 valence electrons. The van der Waals surface area contributed by atoms with Crippen LogP contribution in [0.1, 0.15) is 37.3 Å². The third kappa shape index (κ3) is 1.95. The van der Waals surface area contributed by atoms with E-state index in [1.807, 2.05) is 6.20 Å². The molecule has 0 saturated carbocycles. The Labute approximate surface area is 133 Å². The van der Waals surface area contributed by atoms with Crippen LogP contribution in [0, 0.1) is 5.92 Å². The molecule has 0 spiro atoms. The van der Waals surface area contributed by atoms with Gasteiger partial charge in [-0.25, -0.2) is 0 Å². The van der Waals surface area contributed by atoms with E-state index in [1.165, 1.54) is 49.2 Å². The van der Waals surface area contributed by atoms with Crippen molar-refractivity contribution < 1.29 is 5.11 Å². The van der Waals surface area contributed by atoms with Crippen LogP contribution < -0.4 is 5.32 Å². The molecule has 0 amide bonds. The van der Waals surface area contributed by atoms with Crippen molar-refractivity contribution in [2.24, 2.45) is 5.92 Å². The van der Waals surface area contributed by atoms with Crippen LogP contribution in [0.4, 0.5) is 5.69 Å². The fourth-order valence-corrected chi connectivity index (χ4v) is 4.94. The Morgan fingerprint density at radius 3 is 2.77 bits per heavy atom. The van der Waals surface area contributed by atoms with Gasteiger partial charge in [-0.1, -0.05) is 25.1 Å². The predicted octanol–water partition coefficient (Wildman–Crippen LogP) is 2.90. The number of nitrogens with one attached hydrogen (secondary N) is 1. The van der Waals surface area contributed by atoms with Gasteiger partial charge in [-0.3, -0.25) is 4.90 Å². The van der Waals surface area contributed by atoms with Crippen LogP contribution in [0.25, 0.3) is 0 Å². The lowest BCUT2D eigenvalue weighted by Gasteiger charge is -2.54. The minimum absolute atomic E-state index is 0.198. The van der Waals surface area contributed by atoms with Gasteiger partial charge in [0.25, 0.3) is 0 Å². The summed E-state index contributed by atoms with van der Waals surface area (Å²) >= 11 is 0. The summed E-state index contributed by atoms with van der Waals surface area (Å²) in [5.41, 5.74) is 3.64. The quantitative estimate of drug-likeness (QED) is 0.900. The monoisotopic (exact) mass is 298 g/mol. The summed E-state index contributed by atoms with van der Waals surface area (Å²) in [6.07, 6.45) is 9.19. The van der Waals surface area contributed by atoms with Gasteiger partial charge in [0.1, 0.15) is 0 Å². The third-order valence-corrected chi connectivity index (χ3v) is 6.12. The molecule has 4 aliphatic heterocycles. The number of rotatable bonds is 3. The molecule has 1 aromatic carbocycles. The maximum Gasteiger partial charge on any atom is 0.0579 e. The predicted molar refractivity (Wildman–Crippen MR) is 90.0 cm³/mol. The summed E-state index contributed by atoms with van der Waals surface area (Å²) in [5.74, 6) is 0.846. The second-order valence-electron chi connectivity index (χ2n) is 7.10. The number of nitrogens with zero attached hydrogens (tertiary/aromatic N) is 1. The summed E-state index contributed by atoms with van der Waals surface area (Å²) in [6.45, 7) is 4.80. The molecular formula is C19H26N2O. The minimum atomic E-state index is -0.244. The number of anilines is 1. The lowest BCUT2D eigenvalue weighted by molar-refractivity contribution is -0.000186. The molecule has 0 unspecified atom stereocenters. The summed E-state index contributed by atoms with van der Waals surface area (Å²) in [4.78, 5) is 2.63. The van der Waals surface area contributed by atoms with Gasteiger partial charge in [-0.15, -0.1) is 0 Å². The minimum Gasteiger partial charge on any atom is -0.395 e. The fraction of sp³-hybridized carbons (Fsp3) is 0.579. The topological polar surface area (TPSA) is 35.5 Å². The van der Waals surface area contributed by atoms with Crippen LogP contribution in [0.15, 0.2) is 30.5 Å². The molecule has 0 radical (unpaired) electrons. The van der Waals surface area contributed by atoms with Crippen LogP contribution >= 0.6 is 0 Å². The Kier molecular flexibility index (Phi) is 3.50. The maximum atomic E-state index is 10.5. The van der Waals surface area contributed by atoms with E-state index in [-0.39, 0.29) is 12.0 Å². The van der Waals surface area contributed by atoms with Crippen LogP contribution in [0.3, 0.4) is 0 Å². The lowest BCUT2D eigenvalue weighted by Crippen LogP contribution is -2.59. The van der Waals surface area contributed by atoms with Crippen molar-refractivity contribution in [2.75, 3.05) is 25.0 Å². The molecule has 22 heavy (non-hydrogen) atoms. The summed E-state index contributed by atoms with van der Waals surface area (Å²) < 4.78 is 0. The second-order valence-corrected chi connectivity index (χ2v) is 7.10. The highest BCUT2D eigenvalue weighted by Gasteiger charge is 2.48. The largest absolute Gasteiger partial charge is 0.395 e. The Hall–Kier alpha value is -1.32. The Bertz CT molecular complexity index is 589. The average Bonchev–Trinajstić information content (AvgIpc) is 2.61. The van der Waals surface area contributed by atoms with E-state index >= 15 is 0 Å². The van der Waals surface area contributed by atoms with Gasteiger partial charge in [0.05, 0.1) is 12.0 Å². The number of piperidine rings is 3. The Morgan fingerprint density at radius 1 is 1.32 bits per heavy atom. The van der Waals surface area contributed by atoms with Gasteiger partial charge in [-0.2, -0.15) is 0 Å². The fourth-order valence-electron chi connectivity index (χ4n) is 4.94. The zero-order valence-electron chi connectivity index (χ0n) is 13.4. The number of benzene rings is 1. The van der Waals surface area contributed by atoms with E-state index in [2.05, 4.69) is 41.4 Å². The molecule has 4 heterocycles. The zero-order valence-corrected chi connectivity index (χ0v) is 13.4. The van der Waals surface area contributed by atoms with Gasteiger partial charge in [0, 0.05) is 11.7 Å². The molecule has 2 bridgehead atoms. The first kappa shape index (κ1) is 14.3. The SMILES string of the molecule is CCc1cccc2c1[C@](CO)([C@H]1CC3CCN1CC3)C=CN2. The van der Waals surface area contributed by atoms with E-state index in [1.54, 1.807) is 0 Å². The lowest BCUT2D eigenvalue weighted by atomic mass is 9.64. The van der Waals surface area contributed by atoms with Crippen molar-refractivity contribution in [2.45, 2.75) is 44.1 Å². The maximum absolute atomic E-state index is 10.5. The Morgan fingerprint density at radius 2 is 2.14 bits per heavy atom. The molecule has 3 heteroatoms. The molecule has 2 atom stereocenters. The highest BCUT2D eigenvalue weighted by Crippen LogP contribution is 2.47. The first-order valence-electron chi connectivity index (χ1n) is 8.70. The number of hydrogen-bond donors (Lipinski definition) is 2. The number of aryl methyl sites for hydroxylation is 1. The number of hydrogen-bond acceptors (Lipinski definition) is 3. The molecule has 1 aromatic rings. The molecule has 4 aliphatic rings. The van der Waals surface area contributed by atoms with E-state index in [0.29, 0.717) is 6.04 Å². The first-order chi connectivity index (χ1) is 10.8. The summed E-state index contributed by atoms with van der Waals surface area (Å²) in [6, 6.07) is 6.94. The number of aliphatic hydroxyl groups excluding tert-OH is 1. The molecule has 3 nitrogen and oxygen atoms in total. The molecule has 3 fully saturated rings. The third-order valence-electron chi connectivity index (χ3n) is 6.12.